The smallest absolute Gasteiger partial charge is 0.239 e. The maximum Gasteiger partial charge on any atom is 0.239 e. The molecule has 0 atom stereocenters. The summed E-state index contributed by atoms with van der Waals surface area (Å²) in [5.41, 5.74) is 4.82. The summed E-state index contributed by atoms with van der Waals surface area (Å²) >= 11 is -5.37. The Morgan fingerprint density at radius 1 is 1.31 bits per heavy atom. The first-order chi connectivity index (χ1) is 5.95. The van der Waals surface area contributed by atoms with Crippen LogP contribution in [-0.2, 0) is 0 Å². The molecule has 0 bridgehead atoms. The molecule has 0 aliphatic carbocycles. The first-order valence-electron chi connectivity index (χ1n) is 3.17. The number of nitriles is 1. The summed E-state index contributed by atoms with van der Waals surface area (Å²) in [4.78, 5) is -0.907. The van der Waals surface area contributed by atoms with E-state index < -0.39 is 16.1 Å². The van der Waals surface area contributed by atoms with E-state index in [9.17, 15) is 11.7 Å². The third-order valence-electron chi connectivity index (χ3n) is 1.38. The maximum atomic E-state index is 12.3. The van der Waals surface area contributed by atoms with Crippen molar-refractivity contribution in [2.45, 2.75) is 4.90 Å². The maximum absolute atomic E-state index is 12.3. The van der Waals surface area contributed by atoms with Gasteiger partial charge in [0, 0.05) is 5.69 Å². The van der Waals surface area contributed by atoms with Crippen molar-refractivity contribution in [1.82, 2.24) is 0 Å². The number of halogens is 3. The lowest BCUT2D eigenvalue weighted by Gasteiger charge is -2.11. The number of hydrogen-bond donors (Lipinski definition) is 1. The fourth-order valence-corrected chi connectivity index (χ4v) is 1.46. The molecule has 2 nitrogen and oxygen atoms in total. The number of hydrogen-bond acceptors (Lipinski definition) is 2. The molecule has 2 N–H and O–H groups in total. The predicted octanol–water partition coefficient (Wildman–Crippen LogP) is 2.96. The van der Waals surface area contributed by atoms with Crippen LogP contribution in [0.4, 0.5) is 17.3 Å². The van der Waals surface area contributed by atoms with E-state index in [2.05, 4.69) is 0 Å². The molecule has 0 aliphatic rings. The van der Waals surface area contributed by atoms with E-state index in [1.807, 2.05) is 0 Å². The minimum absolute atomic E-state index is 0.0128. The summed E-state index contributed by atoms with van der Waals surface area (Å²) < 4.78 is 36.9. The van der Waals surface area contributed by atoms with Crippen molar-refractivity contribution < 1.29 is 11.7 Å². The minimum atomic E-state index is -5.37. The minimum Gasteiger partial charge on any atom is -0.399 e. The molecular formula is C7H5F3N2S. The molecule has 1 rings (SSSR count). The Balaban J connectivity index is 3.35. The molecule has 0 heterocycles. The molecule has 0 aromatic heterocycles. The second kappa shape index (κ2) is 3.18. The first-order valence-corrected chi connectivity index (χ1v) is 4.50. The van der Waals surface area contributed by atoms with Crippen molar-refractivity contribution in [1.29, 1.82) is 5.26 Å². The van der Waals surface area contributed by atoms with Gasteiger partial charge >= 0.3 is 0 Å². The molecule has 0 fully saturated rings. The molecule has 70 valence electrons. The Labute approximate surface area is 75.0 Å². The van der Waals surface area contributed by atoms with Crippen LogP contribution in [0, 0.1) is 11.3 Å². The standard InChI is InChI=1S/C7H5F3N2S/c8-13(9,10)7-3-6(12)2-1-5(7)4-11/h1-3H,12H2. The van der Waals surface area contributed by atoms with Crippen LogP contribution in [0.3, 0.4) is 0 Å². The van der Waals surface area contributed by atoms with Crippen molar-refractivity contribution >= 4 is 16.9 Å². The van der Waals surface area contributed by atoms with Crippen LogP contribution in [0.2, 0.25) is 0 Å². The van der Waals surface area contributed by atoms with E-state index in [1.165, 1.54) is 12.1 Å². The molecule has 1 aromatic carbocycles. The Morgan fingerprint density at radius 3 is 2.38 bits per heavy atom. The van der Waals surface area contributed by atoms with E-state index in [4.69, 9.17) is 11.0 Å². The number of nitrogen functional groups attached to an aromatic ring is 1. The molecule has 6 heteroatoms. The Bertz CT molecular complexity index is 367. The van der Waals surface area contributed by atoms with Crippen LogP contribution in [0.1, 0.15) is 5.56 Å². The lowest BCUT2D eigenvalue weighted by atomic mass is 10.2. The van der Waals surface area contributed by atoms with Crippen LogP contribution < -0.4 is 5.73 Å². The summed E-state index contributed by atoms with van der Waals surface area (Å²) in [7, 11) is 0. The van der Waals surface area contributed by atoms with Gasteiger partial charge in [0.1, 0.15) is 6.07 Å². The van der Waals surface area contributed by atoms with Gasteiger partial charge in [-0.1, -0.05) is 0 Å². The zero-order valence-corrected chi connectivity index (χ0v) is 7.12. The van der Waals surface area contributed by atoms with Gasteiger partial charge in [-0.05, 0) is 18.2 Å². The second-order valence-corrected chi connectivity index (χ2v) is 3.53. The molecule has 0 spiro atoms. The average Bonchev–Trinajstić information content (AvgIpc) is 2.03. The summed E-state index contributed by atoms with van der Waals surface area (Å²) in [6.07, 6.45) is 0. The van der Waals surface area contributed by atoms with Crippen molar-refractivity contribution in [3.05, 3.63) is 23.8 Å². The van der Waals surface area contributed by atoms with E-state index >= 15 is 0 Å². The lowest BCUT2D eigenvalue weighted by molar-refractivity contribution is 0.633. The van der Waals surface area contributed by atoms with E-state index in [0.29, 0.717) is 0 Å². The van der Waals surface area contributed by atoms with Gasteiger partial charge in [-0.25, -0.2) is 0 Å². The fraction of sp³-hybridized carbons (Fsp3) is 0. The predicted molar refractivity (Wildman–Crippen MR) is 44.8 cm³/mol. The molecule has 0 radical (unpaired) electrons. The SMILES string of the molecule is N#Cc1ccc(N)cc1S(F)(F)F. The van der Waals surface area contributed by atoms with Gasteiger partial charge in [0.25, 0.3) is 0 Å². The zero-order chi connectivity index (χ0) is 10.1. The highest BCUT2D eigenvalue weighted by Crippen LogP contribution is 2.61. The van der Waals surface area contributed by atoms with Gasteiger partial charge in [-0.15, -0.1) is 11.7 Å². The van der Waals surface area contributed by atoms with Crippen molar-refractivity contribution in [3.63, 3.8) is 0 Å². The Kier molecular flexibility index (Phi) is 2.38. The fourth-order valence-electron chi connectivity index (χ4n) is 0.823. The topological polar surface area (TPSA) is 49.8 Å². The number of nitrogens with zero attached hydrogens (tertiary/aromatic N) is 1. The normalized spacial score (nSPS) is 12.2. The highest BCUT2D eigenvalue weighted by Gasteiger charge is 2.27. The molecule has 0 aliphatic heterocycles. The quantitative estimate of drug-likeness (QED) is 0.718. The molecule has 0 saturated heterocycles. The van der Waals surface area contributed by atoms with Gasteiger partial charge in [-0.2, -0.15) is 5.26 Å². The van der Waals surface area contributed by atoms with E-state index in [-0.39, 0.29) is 11.3 Å². The van der Waals surface area contributed by atoms with Crippen molar-refractivity contribution in [2.75, 3.05) is 5.73 Å². The molecule has 0 unspecified atom stereocenters. The zero-order valence-electron chi connectivity index (χ0n) is 6.30. The van der Waals surface area contributed by atoms with Crippen molar-refractivity contribution in [2.24, 2.45) is 0 Å². The molecule has 0 amide bonds. The van der Waals surface area contributed by atoms with Gasteiger partial charge in [0.2, 0.25) is 11.2 Å². The highest BCUT2D eigenvalue weighted by molar-refractivity contribution is 8.21. The van der Waals surface area contributed by atoms with Crippen LogP contribution in [0.5, 0.6) is 0 Å². The van der Waals surface area contributed by atoms with Crippen molar-refractivity contribution in [3.8, 4) is 6.07 Å². The van der Waals surface area contributed by atoms with Gasteiger partial charge in [-0.3, -0.25) is 0 Å². The highest BCUT2D eigenvalue weighted by atomic mass is 32.3. The Morgan fingerprint density at radius 2 is 1.92 bits per heavy atom. The molecule has 13 heavy (non-hydrogen) atoms. The molecular weight excluding hydrogens is 201 g/mol. The summed E-state index contributed by atoms with van der Waals surface area (Å²) in [5.74, 6) is 0. The summed E-state index contributed by atoms with van der Waals surface area (Å²) in [6, 6.07) is 4.61. The van der Waals surface area contributed by atoms with Crippen LogP contribution in [0.25, 0.3) is 0 Å². The molecule has 0 saturated carbocycles. The van der Waals surface area contributed by atoms with Crippen LogP contribution in [0.15, 0.2) is 23.1 Å². The lowest BCUT2D eigenvalue weighted by Crippen LogP contribution is -1.91. The third-order valence-corrected chi connectivity index (χ3v) is 2.21. The largest absolute Gasteiger partial charge is 0.399 e. The number of anilines is 1. The third kappa shape index (κ3) is 2.06. The summed E-state index contributed by atoms with van der Waals surface area (Å²) in [5, 5.41) is 8.40. The number of benzene rings is 1. The second-order valence-electron chi connectivity index (χ2n) is 2.27. The monoisotopic (exact) mass is 206 g/mol. The average molecular weight is 206 g/mol. The number of nitrogens with two attached hydrogens (primary N) is 1. The first kappa shape index (κ1) is 9.74. The van der Waals surface area contributed by atoms with E-state index in [1.54, 1.807) is 0 Å². The van der Waals surface area contributed by atoms with Gasteiger partial charge < -0.3 is 5.73 Å². The van der Waals surface area contributed by atoms with Crippen LogP contribution in [-0.4, -0.2) is 0 Å². The molecule has 1 aromatic rings. The number of rotatable bonds is 1. The summed E-state index contributed by atoms with van der Waals surface area (Å²) in [6.45, 7) is 0. The van der Waals surface area contributed by atoms with Gasteiger partial charge in [0.15, 0.2) is 0 Å². The Hall–Kier alpha value is -1.35. The van der Waals surface area contributed by atoms with Crippen LogP contribution >= 0.6 is 11.2 Å². The van der Waals surface area contributed by atoms with Gasteiger partial charge in [0.05, 0.1) is 10.5 Å². The van der Waals surface area contributed by atoms with E-state index in [0.717, 1.165) is 12.1 Å².